The smallest absolute Gasteiger partial charge is 0.185 e. The number of nitrogens with one attached hydrogen (secondary N) is 1. The van der Waals surface area contributed by atoms with Crippen LogP contribution in [-0.4, -0.2) is 37.3 Å². The number of anilines is 1. The zero-order valence-corrected chi connectivity index (χ0v) is 15.2. The first kappa shape index (κ1) is 18.4. The first-order valence-electron chi connectivity index (χ1n) is 7.98. The molecule has 1 heterocycles. The van der Waals surface area contributed by atoms with Gasteiger partial charge in [-0.05, 0) is 20.3 Å². The fourth-order valence-corrected chi connectivity index (χ4v) is 2.97. The lowest BCUT2D eigenvalue weighted by Gasteiger charge is -2.16. The molecule has 0 aliphatic carbocycles. The number of hydrogen-bond donors (Lipinski definition) is 1. The molecule has 1 aromatic rings. The summed E-state index contributed by atoms with van der Waals surface area (Å²) in [7, 11) is 2.10. The lowest BCUT2D eigenvalue weighted by Crippen LogP contribution is -2.23. The van der Waals surface area contributed by atoms with Gasteiger partial charge in [0, 0.05) is 31.1 Å². The maximum absolute atomic E-state index is 5.62. The van der Waals surface area contributed by atoms with Crippen molar-refractivity contribution >= 4 is 16.5 Å². The van der Waals surface area contributed by atoms with Crippen molar-refractivity contribution in [1.29, 1.82) is 0 Å². The zero-order valence-electron chi connectivity index (χ0n) is 14.4. The molecule has 21 heavy (non-hydrogen) atoms. The van der Waals surface area contributed by atoms with E-state index < -0.39 is 0 Å². The molecule has 122 valence electrons. The molecule has 0 amide bonds. The Morgan fingerprint density at radius 2 is 2.00 bits per heavy atom. The highest BCUT2D eigenvalue weighted by Gasteiger charge is 2.13. The van der Waals surface area contributed by atoms with Crippen molar-refractivity contribution in [2.45, 2.75) is 66.2 Å². The third-order valence-corrected chi connectivity index (χ3v) is 4.34. The average Bonchev–Trinajstić information content (AvgIpc) is 2.79. The number of aryl methyl sites for hydroxylation is 1. The minimum absolute atomic E-state index is 0.288. The summed E-state index contributed by atoms with van der Waals surface area (Å²) < 4.78 is 5.62. The highest BCUT2D eigenvalue weighted by atomic mass is 32.1. The van der Waals surface area contributed by atoms with Crippen molar-refractivity contribution in [2.24, 2.45) is 0 Å². The van der Waals surface area contributed by atoms with Crippen molar-refractivity contribution in [3.05, 3.63) is 10.6 Å². The number of ether oxygens (including phenoxy) is 1. The third kappa shape index (κ3) is 6.76. The summed E-state index contributed by atoms with van der Waals surface area (Å²) in [5, 5.41) is 4.60. The second-order valence-electron chi connectivity index (χ2n) is 5.99. The minimum Gasteiger partial charge on any atom is -0.377 e. The molecule has 0 aromatic carbocycles. The Kier molecular flexibility index (Phi) is 8.22. The molecule has 0 fully saturated rings. The van der Waals surface area contributed by atoms with E-state index in [-0.39, 0.29) is 6.10 Å². The van der Waals surface area contributed by atoms with Gasteiger partial charge in [0.05, 0.1) is 18.4 Å². The summed E-state index contributed by atoms with van der Waals surface area (Å²) in [6.07, 6.45) is 2.48. The highest BCUT2D eigenvalue weighted by molar-refractivity contribution is 7.15. The summed E-state index contributed by atoms with van der Waals surface area (Å²) in [6, 6.07) is 0.502. The third-order valence-electron chi connectivity index (χ3n) is 3.13. The van der Waals surface area contributed by atoms with E-state index >= 15 is 0 Å². The number of thiazole rings is 1. The monoisotopic (exact) mass is 313 g/mol. The van der Waals surface area contributed by atoms with E-state index in [4.69, 9.17) is 9.72 Å². The van der Waals surface area contributed by atoms with Crippen LogP contribution in [0.3, 0.4) is 0 Å². The van der Waals surface area contributed by atoms with Gasteiger partial charge in [-0.1, -0.05) is 27.2 Å². The Hall–Kier alpha value is -0.650. The van der Waals surface area contributed by atoms with Crippen LogP contribution in [-0.2, 0) is 17.7 Å². The number of nitrogens with zero attached hydrogens (tertiary/aromatic N) is 2. The maximum Gasteiger partial charge on any atom is 0.185 e. The van der Waals surface area contributed by atoms with Gasteiger partial charge in [0.1, 0.15) is 0 Å². The molecule has 0 spiro atoms. The Labute approximate surface area is 133 Å². The van der Waals surface area contributed by atoms with Crippen LogP contribution in [0.25, 0.3) is 0 Å². The van der Waals surface area contributed by atoms with Gasteiger partial charge in [-0.25, -0.2) is 4.98 Å². The van der Waals surface area contributed by atoms with Gasteiger partial charge in [0.15, 0.2) is 5.13 Å². The van der Waals surface area contributed by atoms with E-state index in [0.717, 1.165) is 37.7 Å². The molecule has 0 aliphatic rings. The number of aromatic nitrogens is 1. The number of likely N-dealkylation sites (N-methyl/N-ethyl adjacent to an activating group) is 1. The second-order valence-corrected chi connectivity index (χ2v) is 7.06. The molecule has 0 bridgehead atoms. The molecule has 5 heteroatoms. The van der Waals surface area contributed by atoms with E-state index in [1.54, 1.807) is 11.3 Å². The topological polar surface area (TPSA) is 37.4 Å². The minimum atomic E-state index is 0.288. The fourth-order valence-electron chi connectivity index (χ4n) is 1.92. The summed E-state index contributed by atoms with van der Waals surface area (Å²) >= 11 is 1.81. The predicted octanol–water partition coefficient (Wildman–Crippen LogP) is 3.45. The van der Waals surface area contributed by atoms with Crippen LogP contribution in [0.1, 0.15) is 51.6 Å². The van der Waals surface area contributed by atoms with Crippen molar-refractivity contribution < 1.29 is 4.74 Å². The molecule has 1 rings (SSSR count). The highest BCUT2D eigenvalue weighted by Crippen LogP contribution is 2.26. The van der Waals surface area contributed by atoms with Gasteiger partial charge >= 0.3 is 0 Å². The number of rotatable bonds is 10. The van der Waals surface area contributed by atoms with Gasteiger partial charge in [-0.3, -0.25) is 0 Å². The molecule has 0 saturated carbocycles. The first-order chi connectivity index (χ1) is 9.93. The predicted molar refractivity (Wildman–Crippen MR) is 92.4 cm³/mol. The zero-order chi connectivity index (χ0) is 15.8. The molecule has 0 atom stereocenters. The van der Waals surface area contributed by atoms with Gasteiger partial charge in [0.25, 0.3) is 0 Å². The maximum atomic E-state index is 5.62. The lowest BCUT2D eigenvalue weighted by atomic mass is 10.2. The molecular formula is C16H31N3OS. The van der Waals surface area contributed by atoms with Crippen LogP contribution in [0, 0.1) is 0 Å². The van der Waals surface area contributed by atoms with Crippen LogP contribution in [0.2, 0.25) is 0 Å². The Morgan fingerprint density at radius 1 is 1.29 bits per heavy atom. The van der Waals surface area contributed by atoms with Crippen molar-refractivity contribution in [2.75, 3.05) is 25.1 Å². The van der Waals surface area contributed by atoms with Gasteiger partial charge < -0.3 is 15.0 Å². The molecule has 0 unspecified atom stereocenters. The van der Waals surface area contributed by atoms with Crippen LogP contribution in [0.4, 0.5) is 5.13 Å². The summed E-state index contributed by atoms with van der Waals surface area (Å²) in [5.74, 6) is 0. The van der Waals surface area contributed by atoms with Gasteiger partial charge in [-0.15, -0.1) is 11.3 Å². The first-order valence-corrected chi connectivity index (χ1v) is 8.80. The largest absolute Gasteiger partial charge is 0.377 e. The van der Waals surface area contributed by atoms with Gasteiger partial charge in [-0.2, -0.15) is 0 Å². The van der Waals surface area contributed by atoms with Crippen molar-refractivity contribution in [3.8, 4) is 0 Å². The summed E-state index contributed by atoms with van der Waals surface area (Å²) in [4.78, 5) is 8.40. The van der Waals surface area contributed by atoms with Crippen molar-refractivity contribution in [1.82, 2.24) is 10.3 Å². The molecule has 1 aromatic heterocycles. The van der Waals surface area contributed by atoms with Gasteiger partial charge in [0.2, 0.25) is 0 Å². The molecule has 4 nitrogen and oxygen atoms in total. The number of hydrogen-bond acceptors (Lipinski definition) is 5. The van der Waals surface area contributed by atoms with E-state index in [1.165, 1.54) is 10.6 Å². The van der Waals surface area contributed by atoms with Crippen LogP contribution >= 0.6 is 11.3 Å². The van der Waals surface area contributed by atoms with E-state index in [1.807, 2.05) is 0 Å². The van der Waals surface area contributed by atoms with E-state index in [2.05, 4.69) is 51.9 Å². The summed E-state index contributed by atoms with van der Waals surface area (Å²) in [5.41, 5.74) is 1.25. The quantitative estimate of drug-likeness (QED) is 0.718. The SMILES string of the molecule is CCCc1nc(N(C)CCOC(C)C)sc1CNC(C)C. The fraction of sp³-hybridized carbons (Fsp3) is 0.812. The van der Waals surface area contributed by atoms with E-state index in [9.17, 15) is 0 Å². The molecular weight excluding hydrogens is 282 g/mol. The second kappa shape index (κ2) is 9.38. The molecule has 0 radical (unpaired) electrons. The van der Waals surface area contributed by atoms with Crippen LogP contribution < -0.4 is 10.2 Å². The van der Waals surface area contributed by atoms with Crippen LogP contribution in [0.5, 0.6) is 0 Å². The Morgan fingerprint density at radius 3 is 2.57 bits per heavy atom. The molecule has 0 aliphatic heterocycles. The van der Waals surface area contributed by atoms with E-state index in [0.29, 0.717) is 6.04 Å². The van der Waals surface area contributed by atoms with Crippen LogP contribution in [0.15, 0.2) is 0 Å². The average molecular weight is 314 g/mol. The summed E-state index contributed by atoms with van der Waals surface area (Å²) in [6.45, 7) is 13.2. The molecule has 0 saturated heterocycles. The lowest BCUT2D eigenvalue weighted by molar-refractivity contribution is 0.0846. The Balaban J connectivity index is 2.66. The van der Waals surface area contributed by atoms with Crippen molar-refractivity contribution in [3.63, 3.8) is 0 Å². The molecule has 1 N–H and O–H groups in total. The standard InChI is InChI=1S/C16H31N3OS/c1-7-8-14-15(11-17-12(2)3)21-16(18-14)19(6)9-10-20-13(4)5/h12-13,17H,7-11H2,1-6H3. The Bertz CT molecular complexity index is 404. The normalized spacial score (nSPS) is 11.6.